The summed E-state index contributed by atoms with van der Waals surface area (Å²) in [6.45, 7) is 5.93. The second-order valence-electron chi connectivity index (χ2n) is 6.74. The molecule has 1 aromatic heterocycles. The summed E-state index contributed by atoms with van der Waals surface area (Å²) < 4.78 is 9.98. The van der Waals surface area contributed by atoms with Gasteiger partial charge in [-0.15, -0.1) is 0 Å². The van der Waals surface area contributed by atoms with E-state index in [1.165, 1.54) is 0 Å². The molecule has 0 unspecified atom stereocenters. The first-order valence-electron chi connectivity index (χ1n) is 10.1. The smallest absolute Gasteiger partial charge is 0.338 e. The number of hydrogen-bond acceptors (Lipinski definition) is 9. The van der Waals surface area contributed by atoms with Crippen molar-refractivity contribution in [2.45, 2.75) is 20.8 Å². The maximum Gasteiger partial charge on any atom is 0.338 e. The van der Waals surface area contributed by atoms with Crippen molar-refractivity contribution in [3.8, 4) is 0 Å². The number of benzene rings is 2. The van der Waals surface area contributed by atoms with Gasteiger partial charge in [0.2, 0.25) is 5.95 Å². The fraction of sp³-hybridized carbons (Fsp3) is 0.217. The summed E-state index contributed by atoms with van der Waals surface area (Å²) in [7, 11) is 0. The average molecular weight is 435 g/mol. The zero-order valence-corrected chi connectivity index (χ0v) is 18.1. The predicted molar refractivity (Wildman–Crippen MR) is 123 cm³/mol. The van der Waals surface area contributed by atoms with E-state index >= 15 is 0 Å². The van der Waals surface area contributed by atoms with Crippen molar-refractivity contribution in [1.29, 1.82) is 0 Å². The lowest BCUT2D eigenvalue weighted by atomic mass is 10.2. The number of aromatic nitrogens is 2. The molecule has 9 heteroatoms. The molecule has 9 nitrogen and oxygen atoms in total. The molecule has 0 atom stereocenters. The molecular weight excluding hydrogens is 410 g/mol. The fourth-order valence-electron chi connectivity index (χ4n) is 2.81. The van der Waals surface area contributed by atoms with Gasteiger partial charge in [0.1, 0.15) is 0 Å². The molecule has 1 heterocycles. The zero-order chi connectivity index (χ0) is 23.1. The average Bonchev–Trinajstić information content (AvgIpc) is 2.78. The van der Waals surface area contributed by atoms with Crippen molar-refractivity contribution in [2.24, 2.45) is 0 Å². The van der Waals surface area contributed by atoms with E-state index in [-0.39, 0.29) is 11.9 Å². The molecule has 0 saturated carbocycles. The standard InChI is InChI=1S/C23H25N5O4/c1-4-31-21(29)15-6-10-17(11-7-15)26-20-19(24)14(3)25-23(28-20)27-18-12-8-16(9-13-18)22(30)32-5-2/h6-13H,4-5,24H2,1-3H3,(H2,25,26,27,28). The number of rotatable bonds is 8. The summed E-state index contributed by atoms with van der Waals surface area (Å²) >= 11 is 0. The Labute approximate surface area is 186 Å². The lowest BCUT2D eigenvalue weighted by Gasteiger charge is -2.13. The second-order valence-corrected chi connectivity index (χ2v) is 6.74. The Balaban J connectivity index is 1.76. The summed E-state index contributed by atoms with van der Waals surface area (Å²) in [6, 6.07) is 13.6. The minimum Gasteiger partial charge on any atom is -0.462 e. The first-order valence-corrected chi connectivity index (χ1v) is 10.1. The molecule has 32 heavy (non-hydrogen) atoms. The van der Waals surface area contributed by atoms with E-state index in [4.69, 9.17) is 15.2 Å². The van der Waals surface area contributed by atoms with Crippen molar-refractivity contribution in [3.63, 3.8) is 0 Å². The zero-order valence-electron chi connectivity index (χ0n) is 18.1. The molecule has 0 amide bonds. The number of hydrogen-bond donors (Lipinski definition) is 3. The fourth-order valence-corrected chi connectivity index (χ4v) is 2.81. The van der Waals surface area contributed by atoms with E-state index in [0.29, 0.717) is 58.9 Å². The number of anilines is 5. The maximum absolute atomic E-state index is 11.8. The maximum atomic E-state index is 11.8. The third-order valence-electron chi connectivity index (χ3n) is 4.45. The Kier molecular flexibility index (Phi) is 7.22. The van der Waals surface area contributed by atoms with E-state index in [0.717, 1.165) is 0 Å². The molecule has 3 aromatic rings. The lowest BCUT2D eigenvalue weighted by Crippen LogP contribution is -2.08. The normalized spacial score (nSPS) is 10.3. The molecule has 0 saturated heterocycles. The molecule has 0 radical (unpaired) electrons. The van der Waals surface area contributed by atoms with Gasteiger partial charge in [0.15, 0.2) is 5.82 Å². The number of nitrogens with one attached hydrogen (secondary N) is 2. The van der Waals surface area contributed by atoms with Gasteiger partial charge in [-0.1, -0.05) is 0 Å². The van der Waals surface area contributed by atoms with Crippen molar-refractivity contribution in [3.05, 3.63) is 65.4 Å². The van der Waals surface area contributed by atoms with Crippen molar-refractivity contribution in [2.75, 3.05) is 29.6 Å². The van der Waals surface area contributed by atoms with Crippen LogP contribution in [-0.2, 0) is 9.47 Å². The summed E-state index contributed by atoms with van der Waals surface area (Å²) in [5.74, 6) is 0.00857. The SMILES string of the molecule is CCOC(=O)c1ccc(Nc2nc(C)c(N)c(Nc3ccc(C(=O)OCC)cc3)n2)cc1. The van der Waals surface area contributed by atoms with E-state index in [9.17, 15) is 9.59 Å². The molecule has 0 aliphatic rings. The van der Waals surface area contributed by atoms with Gasteiger partial charge >= 0.3 is 11.9 Å². The number of ether oxygens (including phenoxy) is 2. The van der Waals surface area contributed by atoms with Crippen LogP contribution in [0.1, 0.15) is 40.3 Å². The highest BCUT2D eigenvalue weighted by atomic mass is 16.5. The topological polar surface area (TPSA) is 128 Å². The Morgan fingerprint density at radius 1 is 0.812 bits per heavy atom. The highest BCUT2D eigenvalue weighted by Gasteiger charge is 2.12. The van der Waals surface area contributed by atoms with Crippen molar-refractivity contribution >= 4 is 40.8 Å². The number of nitrogens with two attached hydrogens (primary N) is 1. The number of nitrogens with zero attached hydrogens (tertiary/aromatic N) is 2. The van der Waals surface area contributed by atoms with Crippen LogP contribution in [0.4, 0.5) is 28.8 Å². The molecule has 0 fully saturated rings. The number of nitrogen functional groups attached to an aromatic ring is 1. The lowest BCUT2D eigenvalue weighted by molar-refractivity contribution is 0.0517. The molecule has 166 valence electrons. The summed E-state index contributed by atoms with van der Waals surface area (Å²) in [5.41, 5.74) is 9.47. The molecule has 0 aliphatic carbocycles. The van der Waals surface area contributed by atoms with Gasteiger partial charge in [0, 0.05) is 11.4 Å². The van der Waals surface area contributed by atoms with Crippen LogP contribution < -0.4 is 16.4 Å². The Morgan fingerprint density at radius 3 is 1.75 bits per heavy atom. The van der Waals surface area contributed by atoms with Crippen LogP contribution in [0.2, 0.25) is 0 Å². The van der Waals surface area contributed by atoms with Gasteiger partial charge < -0.3 is 25.8 Å². The third-order valence-corrected chi connectivity index (χ3v) is 4.45. The third kappa shape index (κ3) is 5.51. The molecule has 2 aromatic carbocycles. The summed E-state index contributed by atoms with van der Waals surface area (Å²) in [4.78, 5) is 32.4. The van der Waals surface area contributed by atoms with Crippen LogP contribution in [-0.4, -0.2) is 35.1 Å². The molecule has 0 aliphatic heterocycles. The van der Waals surface area contributed by atoms with E-state index in [1.54, 1.807) is 69.3 Å². The van der Waals surface area contributed by atoms with Gasteiger partial charge in [-0.25, -0.2) is 14.6 Å². The predicted octanol–water partition coefficient (Wildman–Crippen LogP) is 4.21. The molecule has 0 bridgehead atoms. The monoisotopic (exact) mass is 435 g/mol. The number of aryl methyl sites for hydroxylation is 1. The van der Waals surface area contributed by atoms with E-state index < -0.39 is 0 Å². The van der Waals surface area contributed by atoms with Gasteiger partial charge in [0.25, 0.3) is 0 Å². The number of carbonyl (C=O) groups is 2. The summed E-state index contributed by atoms with van der Waals surface area (Å²) in [5, 5.41) is 6.25. The first-order chi connectivity index (χ1) is 15.4. The molecule has 4 N–H and O–H groups in total. The van der Waals surface area contributed by atoms with Crippen LogP contribution in [0.5, 0.6) is 0 Å². The van der Waals surface area contributed by atoms with Crippen molar-refractivity contribution < 1.29 is 19.1 Å². The molecule has 0 spiro atoms. The van der Waals surface area contributed by atoms with Gasteiger partial charge in [-0.3, -0.25) is 0 Å². The number of carbonyl (C=O) groups excluding carboxylic acids is 2. The quantitative estimate of drug-likeness (QED) is 0.446. The highest BCUT2D eigenvalue weighted by molar-refractivity contribution is 5.90. The van der Waals surface area contributed by atoms with E-state index in [1.807, 2.05) is 0 Å². The van der Waals surface area contributed by atoms with Gasteiger partial charge in [-0.2, -0.15) is 4.98 Å². The van der Waals surface area contributed by atoms with Crippen LogP contribution in [0.3, 0.4) is 0 Å². The van der Waals surface area contributed by atoms with E-state index in [2.05, 4.69) is 20.6 Å². The van der Waals surface area contributed by atoms with Crippen LogP contribution >= 0.6 is 0 Å². The van der Waals surface area contributed by atoms with Gasteiger partial charge in [0.05, 0.1) is 35.7 Å². The largest absolute Gasteiger partial charge is 0.462 e. The Hall–Kier alpha value is -4.14. The van der Waals surface area contributed by atoms with Crippen LogP contribution in [0, 0.1) is 6.92 Å². The Morgan fingerprint density at radius 2 is 1.28 bits per heavy atom. The van der Waals surface area contributed by atoms with Crippen LogP contribution in [0.25, 0.3) is 0 Å². The second kappa shape index (κ2) is 10.3. The number of esters is 2. The van der Waals surface area contributed by atoms with Crippen LogP contribution in [0.15, 0.2) is 48.5 Å². The highest BCUT2D eigenvalue weighted by Crippen LogP contribution is 2.26. The molecular formula is C23H25N5O4. The van der Waals surface area contributed by atoms with Gasteiger partial charge in [-0.05, 0) is 69.3 Å². The summed E-state index contributed by atoms with van der Waals surface area (Å²) in [6.07, 6.45) is 0. The Bertz CT molecular complexity index is 1100. The van der Waals surface area contributed by atoms with Crippen molar-refractivity contribution in [1.82, 2.24) is 9.97 Å². The minimum atomic E-state index is -0.378. The first kappa shape index (κ1) is 22.5. The molecule has 3 rings (SSSR count). The minimum absolute atomic E-state index is 0.316.